The summed E-state index contributed by atoms with van der Waals surface area (Å²) in [5.74, 6) is 1.12. The molecule has 0 N–H and O–H groups in total. The summed E-state index contributed by atoms with van der Waals surface area (Å²) < 4.78 is 5.25. The van der Waals surface area contributed by atoms with Crippen molar-refractivity contribution in [3.8, 4) is 0 Å². The Morgan fingerprint density at radius 1 is 1.24 bits per heavy atom. The summed E-state index contributed by atoms with van der Waals surface area (Å²) in [6.07, 6.45) is 2.43. The second kappa shape index (κ2) is 4.36. The van der Waals surface area contributed by atoms with E-state index >= 15 is 0 Å². The van der Waals surface area contributed by atoms with E-state index in [0.717, 1.165) is 12.2 Å². The first-order chi connectivity index (χ1) is 8.05. The van der Waals surface area contributed by atoms with Gasteiger partial charge in [0.25, 0.3) is 0 Å². The number of carbonyl (C=O) groups excluding carboxylic acids is 1. The van der Waals surface area contributed by atoms with Crippen LogP contribution in [0, 0.1) is 5.41 Å². The van der Waals surface area contributed by atoms with E-state index in [2.05, 4.69) is 12.1 Å². The highest BCUT2D eigenvalue weighted by atomic mass is 16.5. The maximum atomic E-state index is 12.1. The monoisotopic (exact) mass is 230 g/mol. The second-order valence-corrected chi connectivity index (χ2v) is 5.07. The van der Waals surface area contributed by atoms with Crippen molar-refractivity contribution >= 4 is 5.78 Å². The molecule has 0 saturated carbocycles. The summed E-state index contributed by atoms with van der Waals surface area (Å²) in [5, 5.41) is 0. The molecule has 0 aliphatic heterocycles. The molecule has 0 heterocycles. The molecule has 2 rings (SSSR count). The fraction of sp³-hybridized carbons (Fsp3) is 0.400. The van der Waals surface area contributed by atoms with Crippen LogP contribution >= 0.6 is 0 Å². The third kappa shape index (κ3) is 2.12. The molecule has 1 aliphatic carbocycles. The lowest BCUT2D eigenvalue weighted by Gasteiger charge is -2.36. The molecule has 0 saturated heterocycles. The maximum absolute atomic E-state index is 12.1. The first-order valence-corrected chi connectivity index (χ1v) is 5.89. The van der Waals surface area contributed by atoms with E-state index in [1.807, 2.05) is 32.0 Å². The Kier molecular flexibility index (Phi) is 3.05. The molecule has 0 fully saturated rings. The third-order valence-electron chi connectivity index (χ3n) is 3.67. The third-order valence-corrected chi connectivity index (χ3v) is 3.67. The number of benzene rings is 1. The van der Waals surface area contributed by atoms with Crippen LogP contribution in [0.4, 0.5) is 0 Å². The first-order valence-electron chi connectivity index (χ1n) is 5.89. The topological polar surface area (TPSA) is 26.3 Å². The van der Waals surface area contributed by atoms with Crippen LogP contribution in [0.2, 0.25) is 0 Å². The van der Waals surface area contributed by atoms with Gasteiger partial charge >= 0.3 is 0 Å². The molecule has 2 heteroatoms. The van der Waals surface area contributed by atoms with Crippen LogP contribution in [0.3, 0.4) is 0 Å². The molecule has 0 bridgehead atoms. The summed E-state index contributed by atoms with van der Waals surface area (Å²) in [5.41, 5.74) is 0.845. The van der Waals surface area contributed by atoms with Gasteiger partial charge in [-0.15, -0.1) is 0 Å². The Labute approximate surface area is 102 Å². The lowest BCUT2D eigenvalue weighted by Crippen LogP contribution is -2.34. The Morgan fingerprint density at radius 3 is 2.47 bits per heavy atom. The van der Waals surface area contributed by atoms with Crippen LogP contribution in [0.25, 0.3) is 0 Å². The molecule has 1 unspecified atom stereocenters. The van der Waals surface area contributed by atoms with Crippen molar-refractivity contribution in [3.63, 3.8) is 0 Å². The molecule has 1 aromatic carbocycles. The van der Waals surface area contributed by atoms with Crippen molar-refractivity contribution in [3.05, 3.63) is 47.7 Å². The van der Waals surface area contributed by atoms with E-state index in [-0.39, 0.29) is 17.1 Å². The normalized spacial score (nSPS) is 23.1. The Balaban J connectivity index is 2.40. The summed E-state index contributed by atoms with van der Waals surface area (Å²) >= 11 is 0. The SMILES string of the molecule is COC1=CC(=O)C(C)(C)C(c2ccccc2)C1. The minimum atomic E-state index is -0.358. The number of rotatable bonds is 2. The quantitative estimate of drug-likeness (QED) is 0.779. The summed E-state index contributed by atoms with van der Waals surface area (Å²) in [4.78, 5) is 12.1. The molecule has 17 heavy (non-hydrogen) atoms. The molecule has 1 aliphatic rings. The van der Waals surface area contributed by atoms with Crippen LogP contribution in [0.1, 0.15) is 31.7 Å². The fourth-order valence-electron chi connectivity index (χ4n) is 2.38. The van der Waals surface area contributed by atoms with E-state index < -0.39 is 0 Å². The van der Waals surface area contributed by atoms with Crippen LogP contribution in [-0.2, 0) is 9.53 Å². The molecule has 0 spiro atoms. The largest absolute Gasteiger partial charge is 0.501 e. The molecular weight excluding hydrogens is 212 g/mol. The molecule has 1 aromatic rings. The number of hydrogen-bond acceptors (Lipinski definition) is 2. The van der Waals surface area contributed by atoms with E-state index in [1.165, 1.54) is 5.56 Å². The minimum absolute atomic E-state index is 0.148. The average Bonchev–Trinajstić information content (AvgIpc) is 2.33. The zero-order chi connectivity index (χ0) is 12.5. The molecule has 2 nitrogen and oxygen atoms in total. The van der Waals surface area contributed by atoms with Gasteiger partial charge in [0.05, 0.1) is 12.9 Å². The average molecular weight is 230 g/mol. The van der Waals surface area contributed by atoms with Gasteiger partial charge in [-0.3, -0.25) is 4.79 Å². The van der Waals surface area contributed by atoms with Crippen LogP contribution in [0.15, 0.2) is 42.2 Å². The predicted molar refractivity (Wildman–Crippen MR) is 67.7 cm³/mol. The number of hydrogen-bond donors (Lipinski definition) is 0. The van der Waals surface area contributed by atoms with Gasteiger partial charge < -0.3 is 4.74 Å². The summed E-state index contributed by atoms with van der Waals surface area (Å²) in [6, 6.07) is 10.2. The smallest absolute Gasteiger partial charge is 0.165 e. The molecule has 1 atom stereocenters. The first kappa shape index (κ1) is 11.9. The van der Waals surface area contributed by atoms with Crippen molar-refractivity contribution in [1.29, 1.82) is 0 Å². The molecule has 0 radical (unpaired) electrons. The van der Waals surface area contributed by atoms with Crippen molar-refractivity contribution in [2.24, 2.45) is 5.41 Å². The van der Waals surface area contributed by atoms with Gasteiger partial charge in [-0.2, -0.15) is 0 Å². The van der Waals surface area contributed by atoms with Crippen LogP contribution < -0.4 is 0 Å². The summed E-state index contributed by atoms with van der Waals surface area (Å²) in [6.45, 7) is 4.02. The predicted octanol–water partition coefficient (Wildman–Crippen LogP) is 3.30. The lowest BCUT2D eigenvalue weighted by molar-refractivity contribution is -0.124. The van der Waals surface area contributed by atoms with Gasteiger partial charge in [0, 0.05) is 23.8 Å². The van der Waals surface area contributed by atoms with E-state index in [1.54, 1.807) is 13.2 Å². The van der Waals surface area contributed by atoms with Crippen molar-refractivity contribution in [2.75, 3.05) is 7.11 Å². The van der Waals surface area contributed by atoms with Gasteiger partial charge in [0.1, 0.15) is 0 Å². The van der Waals surface area contributed by atoms with Crippen molar-refractivity contribution < 1.29 is 9.53 Å². The van der Waals surface area contributed by atoms with Crippen molar-refractivity contribution in [1.82, 2.24) is 0 Å². The van der Waals surface area contributed by atoms with E-state index in [9.17, 15) is 4.79 Å². The molecule has 0 amide bonds. The number of ketones is 1. The minimum Gasteiger partial charge on any atom is -0.501 e. The van der Waals surface area contributed by atoms with Gasteiger partial charge in [0.15, 0.2) is 5.78 Å². The lowest BCUT2D eigenvalue weighted by atomic mass is 9.67. The number of methoxy groups -OCH3 is 1. The van der Waals surface area contributed by atoms with Crippen molar-refractivity contribution in [2.45, 2.75) is 26.2 Å². The Morgan fingerprint density at radius 2 is 1.88 bits per heavy atom. The van der Waals surface area contributed by atoms with Gasteiger partial charge in [-0.1, -0.05) is 44.2 Å². The zero-order valence-corrected chi connectivity index (χ0v) is 10.6. The van der Waals surface area contributed by atoms with E-state index in [0.29, 0.717) is 0 Å². The maximum Gasteiger partial charge on any atom is 0.165 e. The highest BCUT2D eigenvalue weighted by Gasteiger charge is 2.40. The molecule has 90 valence electrons. The Hall–Kier alpha value is -1.57. The van der Waals surface area contributed by atoms with Crippen LogP contribution in [-0.4, -0.2) is 12.9 Å². The molecular formula is C15H18O2. The highest BCUT2D eigenvalue weighted by Crippen LogP contribution is 2.44. The zero-order valence-electron chi connectivity index (χ0n) is 10.6. The Bertz CT molecular complexity index is 443. The second-order valence-electron chi connectivity index (χ2n) is 5.07. The number of allylic oxidation sites excluding steroid dienone is 2. The van der Waals surface area contributed by atoms with Crippen LogP contribution in [0.5, 0.6) is 0 Å². The van der Waals surface area contributed by atoms with Gasteiger partial charge in [0.2, 0.25) is 0 Å². The number of carbonyl (C=O) groups is 1. The molecule has 0 aromatic heterocycles. The van der Waals surface area contributed by atoms with Gasteiger partial charge in [-0.25, -0.2) is 0 Å². The number of ether oxygens (including phenoxy) is 1. The summed E-state index contributed by atoms with van der Waals surface area (Å²) in [7, 11) is 1.62. The van der Waals surface area contributed by atoms with E-state index in [4.69, 9.17) is 4.74 Å². The fourth-order valence-corrected chi connectivity index (χ4v) is 2.38. The van der Waals surface area contributed by atoms with Gasteiger partial charge in [-0.05, 0) is 5.56 Å². The standard InChI is InChI=1S/C15H18O2/c1-15(2)13(11-7-5-4-6-8-11)9-12(17-3)10-14(15)16/h4-8,10,13H,9H2,1-3H3. The highest BCUT2D eigenvalue weighted by molar-refractivity contribution is 5.96.